The van der Waals surface area contributed by atoms with Crippen molar-refractivity contribution in [3.05, 3.63) is 47.5 Å². The zero-order chi connectivity index (χ0) is 18.9. The van der Waals surface area contributed by atoms with Gasteiger partial charge in [0.2, 0.25) is 10.0 Å². The molecule has 0 saturated carbocycles. The Hall–Kier alpha value is -2.17. The molecule has 0 aliphatic carbocycles. The van der Waals surface area contributed by atoms with E-state index in [9.17, 15) is 8.42 Å². The first-order chi connectivity index (χ1) is 12.3. The van der Waals surface area contributed by atoms with Crippen LogP contribution < -0.4 is 0 Å². The maximum atomic E-state index is 12.8. The molecule has 7 heteroatoms. The molecule has 138 valence electrons. The second kappa shape index (κ2) is 7.22. The summed E-state index contributed by atoms with van der Waals surface area (Å²) in [5, 5.41) is 8.86. The summed E-state index contributed by atoms with van der Waals surface area (Å²) in [6, 6.07) is 8.46. The van der Waals surface area contributed by atoms with E-state index in [1.165, 1.54) is 12.1 Å². The molecule has 1 aliphatic rings. The van der Waals surface area contributed by atoms with E-state index in [4.69, 9.17) is 5.26 Å². The number of benzene rings is 1. The molecule has 0 radical (unpaired) electrons. The molecule has 26 heavy (non-hydrogen) atoms. The molecule has 6 nitrogen and oxygen atoms in total. The first kappa shape index (κ1) is 18.6. The van der Waals surface area contributed by atoms with Crippen LogP contribution in [0.4, 0.5) is 0 Å². The fourth-order valence-corrected chi connectivity index (χ4v) is 5.17. The predicted molar refractivity (Wildman–Crippen MR) is 99.1 cm³/mol. The molecule has 1 aliphatic heterocycles. The van der Waals surface area contributed by atoms with Gasteiger partial charge in [-0.2, -0.15) is 9.57 Å². The van der Waals surface area contributed by atoms with Crippen molar-refractivity contribution in [1.29, 1.82) is 5.26 Å². The summed E-state index contributed by atoms with van der Waals surface area (Å²) in [5.74, 6) is 1.29. The van der Waals surface area contributed by atoms with Gasteiger partial charge in [0.05, 0.1) is 16.5 Å². The van der Waals surface area contributed by atoms with Gasteiger partial charge in [0.1, 0.15) is 5.82 Å². The van der Waals surface area contributed by atoms with Gasteiger partial charge < -0.3 is 4.57 Å². The Morgan fingerprint density at radius 2 is 2.00 bits per heavy atom. The zero-order valence-electron chi connectivity index (χ0n) is 15.4. The molecule has 0 bridgehead atoms. The zero-order valence-corrected chi connectivity index (χ0v) is 16.2. The molecule has 1 aromatic carbocycles. The lowest BCUT2D eigenvalue weighted by Gasteiger charge is -2.18. The average Bonchev–Trinajstić information content (AvgIpc) is 3.22. The lowest BCUT2D eigenvalue weighted by atomic mass is 10.0. The second-order valence-corrected chi connectivity index (χ2v) is 9.08. The molecule has 1 fully saturated rings. The highest BCUT2D eigenvalue weighted by Crippen LogP contribution is 2.27. The first-order valence-electron chi connectivity index (χ1n) is 8.86. The Morgan fingerprint density at radius 1 is 1.31 bits per heavy atom. The van der Waals surface area contributed by atoms with E-state index in [-0.39, 0.29) is 10.8 Å². The molecule has 3 rings (SSSR count). The fourth-order valence-electron chi connectivity index (χ4n) is 3.64. The highest BCUT2D eigenvalue weighted by Gasteiger charge is 2.33. The second-order valence-electron chi connectivity index (χ2n) is 7.14. The van der Waals surface area contributed by atoms with Crippen LogP contribution in [0.2, 0.25) is 0 Å². The number of aromatic nitrogens is 2. The van der Waals surface area contributed by atoms with Crippen molar-refractivity contribution in [1.82, 2.24) is 13.9 Å². The minimum Gasteiger partial charge on any atom is -0.330 e. The van der Waals surface area contributed by atoms with E-state index in [2.05, 4.69) is 23.4 Å². The smallest absolute Gasteiger partial charge is 0.243 e. The van der Waals surface area contributed by atoms with Crippen LogP contribution in [0, 0.1) is 24.2 Å². The van der Waals surface area contributed by atoms with Gasteiger partial charge in [0.25, 0.3) is 0 Å². The van der Waals surface area contributed by atoms with E-state index >= 15 is 0 Å². The van der Waals surface area contributed by atoms with Crippen molar-refractivity contribution in [3.63, 3.8) is 0 Å². The van der Waals surface area contributed by atoms with Gasteiger partial charge >= 0.3 is 0 Å². The highest BCUT2D eigenvalue weighted by molar-refractivity contribution is 7.89. The third-order valence-corrected chi connectivity index (χ3v) is 6.80. The Morgan fingerprint density at radius 3 is 2.62 bits per heavy atom. The van der Waals surface area contributed by atoms with Crippen LogP contribution in [0.25, 0.3) is 0 Å². The number of rotatable bonds is 5. The highest BCUT2D eigenvalue weighted by atomic mass is 32.2. The largest absolute Gasteiger partial charge is 0.330 e. The minimum atomic E-state index is -3.51. The van der Waals surface area contributed by atoms with Crippen molar-refractivity contribution >= 4 is 10.0 Å². The third-order valence-electron chi connectivity index (χ3n) is 4.92. The van der Waals surface area contributed by atoms with Crippen molar-refractivity contribution in [2.45, 2.75) is 44.6 Å². The Kier molecular flexibility index (Phi) is 5.17. The minimum absolute atomic E-state index is 0.247. The third kappa shape index (κ3) is 3.53. The lowest BCUT2D eigenvalue weighted by Crippen LogP contribution is -2.29. The maximum absolute atomic E-state index is 12.8. The maximum Gasteiger partial charge on any atom is 0.243 e. The van der Waals surface area contributed by atoms with Crippen molar-refractivity contribution in [3.8, 4) is 6.07 Å². The molecule has 0 amide bonds. The standard InChI is InChI=1S/C19H24N4O2S/c1-14(2)23-15(3)12-21-19(23)10-17-8-9-22(13-17)26(24,25)18-6-4-16(11-20)5-7-18/h4-7,12,14,17H,8-10,13H2,1-3H3. The van der Waals surface area contributed by atoms with Crippen molar-refractivity contribution in [2.24, 2.45) is 5.92 Å². The SMILES string of the molecule is Cc1cnc(CC2CCN(S(=O)(=O)c3ccc(C#N)cc3)C2)n1C(C)C. The van der Waals surface area contributed by atoms with Crippen molar-refractivity contribution in [2.75, 3.05) is 13.1 Å². The van der Waals surface area contributed by atoms with Crippen LogP contribution >= 0.6 is 0 Å². The van der Waals surface area contributed by atoms with Gasteiger partial charge in [0, 0.05) is 37.4 Å². The summed E-state index contributed by atoms with van der Waals surface area (Å²) >= 11 is 0. The summed E-state index contributed by atoms with van der Waals surface area (Å²) < 4.78 is 29.4. The van der Waals surface area contributed by atoms with Crippen LogP contribution in [0.5, 0.6) is 0 Å². The Balaban J connectivity index is 1.73. The van der Waals surface area contributed by atoms with Gasteiger partial charge in [-0.3, -0.25) is 0 Å². The molecule has 1 unspecified atom stereocenters. The monoisotopic (exact) mass is 372 g/mol. The molecule has 1 atom stereocenters. The van der Waals surface area contributed by atoms with Crippen LogP contribution in [0.1, 0.15) is 43.4 Å². The topological polar surface area (TPSA) is 79.0 Å². The Bertz CT molecular complexity index is 923. The molecule has 1 aromatic heterocycles. The average molecular weight is 372 g/mol. The summed E-state index contributed by atoms with van der Waals surface area (Å²) in [4.78, 5) is 4.78. The normalized spacial score (nSPS) is 18.3. The van der Waals surface area contributed by atoms with Gasteiger partial charge in [-0.25, -0.2) is 13.4 Å². The van der Waals surface area contributed by atoms with Gasteiger partial charge in [0.15, 0.2) is 0 Å². The number of nitrogens with zero attached hydrogens (tertiary/aromatic N) is 4. The molecule has 1 saturated heterocycles. The fraction of sp³-hybridized carbons (Fsp3) is 0.474. The summed E-state index contributed by atoms with van der Waals surface area (Å²) in [5.41, 5.74) is 1.59. The predicted octanol–water partition coefficient (Wildman–Crippen LogP) is 2.90. The van der Waals surface area contributed by atoms with Crippen LogP contribution in [-0.4, -0.2) is 35.4 Å². The first-order valence-corrected chi connectivity index (χ1v) is 10.3. The van der Waals surface area contributed by atoms with Crippen LogP contribution in [0.15, 0.2) is 35.4 Å². The van der Waals surface area contributed by atoms with Crippen molar-refractivity contribution < 1.29 is 8.42 Å². The molecule has 0 N–H and O–H groups in total. The quantitative estimate of drug-likeness (QED) is 0.808. The summed E-state index contributed by atoms with van der Waals surface area (Å²) in [6.07, 6.45) is 3.50. The van der Waals surface area contributed by atoms with Gasteiger partial charge in [-0.15, -0.1) is 0 Å². The molecule has 2 aromatic rings. The van der Waals surface area contributed by atoms with Crippen LogP contribution in [0.3, 0.4) is 0 Å². The van der Waals surface area contributed by atoms with Crippen LogP contribution in [-0.2, 0) is 16.4 Å². The number of aryl methyl sites for hydroxylation is 1. The number of nitriles is 1. The lowest BCUT2D eigenvalue weighted by molar-refractivity contribution is 0.445. The van der Waals surface area contributed by atoms with E-state index < -0.39 is 10.0 Å². The Labute approximate surface area is 155 Å². The number of imidazole rings is 1. The number of sulfonamides is 1. The van der Waals surface area contributed by atoms with E-state index in [1.54, 1.807) is 16.4 Å². The molecule has 0 spiro atoms. The number of hydrogen-bond donors (Lipinski definition) is 0. The van der Waals surface area contributed by atoms with Gasteiger partial charge in [-0.05, 0) is 57.4 Å². The molecule has 2 heterocycles. The van der Waals surface area contributed by atoms with E-state index in [0.717, 1.165) is 24.4 Å². The molecular formula is C19H24N4O2S. The summed E-state index contributed by atoms with van der Waals surface area (Å²) in [6.45, 7) is 7.34. The molecular weight excluding hydrogens is 348 g/mol. The van der Waals surface area contributed by atoms with E-state index in [0.29, 0.717) is 24.7 Å². The van der Waals surface area contributed by atoms with E-state index in [1.807, 2.05) is 19.2 Å². The summed E-state index contributed by atoms with van der Waals surface area (Å²) in [7, 11) is -3.51. The van der Waals surface area contributed by atoms with Gasteiger partial charge in [-0.1, -0.05) is 0 Å². The number of hydrogen-bond acceptors (Lipinski definition) is 4.